The van der Waals surface area contributed by atoms with Gasteiger partial charge in [-0.15, -0.1) is 0 Å². The number of carbonyl (C=O) groups is 1. The van der Waals surface area contributed by atoms with Crippen molar-refractivity contribution < 1.29 is 13.7 Å². The molecule has 7 nitrogen and oxygen atoms in total. The molecule has 0 aliphatic carbocycles. The number of carbonyl (C=O) groups excluding carboxylic acids is 1. The number of hydrogen-bond donors (Lipinski definition) is 0. The number of piperidine rings is 1. The molecular weight excluding hydrogens is 337 g/mol. The standard InChI is InChI=1S/C18H18FN5O2/c19-18(17-21-16(22-26-17)14-6-2-1-3-7-14)8-4-10-23(13-18)15(25)12-24-11-5-9-20-24/h1-3,5-7,9,11H,4,8,10,12-13H2. The molecule has 1 fully saturated rings. The molecule has 1 aromatic carbocycles. The Morgan fingerprint density at radius 2 is 2.12 bits per heavy atom. The Hall–Kier alpha value is -3.03. The maximum atomic E-state index is 15.5. The minimum atomic E-state index is -1.84. The molecule has 0 bridgehead atoms. The van der Waals surface area contributed by atoms with Gasteiger partial charge >= 0.3 is 0 Å². The molecule has 26 heavy (non-hydrogen) atoms. The van der Waals surface area contributed by atoms with Crippen molar-refractivity contribution in [3.63, 3.8) is 0 Å². The van der Waals surface area contributed by atoms with E-state index < -0.39 is 5.67 Å². The van der Waals surface area contributed by atoms with Crippen LogP contribution in [-0.2, 0) is 17.0 Å². The van der Waals surface area contributed by atoms with Crippen LogP contribution in [0.5, 0.6) is 0 Å². The van der Waals surface area contributed by atoms with E-state index in [2.05, 4.69) is 15.2 Å². The predicted octanol–water partition coefficient (Wildman–Crippen LogP) is 2.42. The van der Waals surface area contributed by atoms with Crippen LogP contribution < -0.4 is 0 Å². The monoisotopic (exact) mass is 355 g/mol. The van der Waals surface area contributed by atoms with E-state index in [0.717, 1.165) is 5.56 Å². The van der Waals surface area contributed by atoms with Crippen molar-refractivity contribution in [3.05, 3.63) is 54.7 Å². The molecule has 8 heteroatoms. The van der Waals surface area contributed by atoms with Gasteiger partial charge in [-0.1, -0.05) is 35.5 Å². The van der Waals surface area contributed by atoms with Crippen molar-refractivity contribution in [1.82, 2.24) is 24.8 Å². The second-order valence-electron chi connectivity index (χ2n) is 6.38. The fourth-order valence-corrected chi connectivity index (χ4v) is 3.14. The van der Waals surface area contributed by atoms with Crippen LogP contribution >= 0.6 is 0 Å². The number of benzene rings is 1. The smallest absolute Gasteiger partial charge is 0.266 e. The molecule has 4 rings (SSSR count). The first-order valence-electron chi connectivity index (χ1n) is 8.48. The fraction of sp³-hybridized carbons (Fsp3) is 0.333. The summed E-state index contributed by atoms with van der Waals surface area (Å²) >= 11 is 0. The summed E-state index contributed by atoms with van der Waals surface area (Å²) in [5.41, 5.74) is -1.08. The van der Waals surface area contributed by atoms with Crippen LogP contribution in [-0.4, -0.2) is 43.8 Å². The summed E-state index contributed by atoms with van der Waals surface area (Å²) in [6.07, 6.45) is 4.08. The van der Waals surface area contributed by atoms with Crippen molar-refractivity contribution in [2.45, 2.75) is 25.1 Å². The number of amides is 1. The maximum Gasteiger partial charge on any atom is 0.266 e. The van der Waals surface area contributed by atoms with Crippen LogP contribution in [0.3, 0.4) is 0 Å². The number of halogens is 1. The van der Waals surface area contributed by atoms with Crippen LogP contribution in [0.15, 0.2) is 53.3 Å². The van der Waals surface area contributed by atoms with Crippen LogP contribution in [0.4, 0.5) is 4.39 Å². The van der Waals surface area contributed by atoms with Crippen LogP contribution in [0.25, 0.3) is 11.4 Å². The van der Waals surface area contributed by atoms with E-state index in [-0.39, 0.29) is 31.3 Å². The number of alkyl halides is 1. The van der Waals surface area contributed by atoms with Crippen LogP contribution in [0, 0.1) is 0 Å². The van der Waals surface area contributed by atoms with E-state index in [1.54, 1.807) is 18.5 Å². The summed E-state index contributed by atoms with van der Waals surface area (Å²) in [5, 5.41) is 7.91. The first kappa shape index (κ1) is 16.4. The van der Waals surface area contributed by atoms with E-state index in [4.69, 9.17) is 4.52 Å². The molecule has 1 aliphatic rings. The van der Waals surface area contributed by atoms with E-state index in [1.807, 2.05) is 30.3 Å². The van der Waals surface area contributed by atoms with E-state index in [9.17, 15) is 4.79 Å². The van der Waals surface area contributed by atoms with E-state index >= 15 is 4.39 Å². The molecule has 0 spiro atoms. The third-order valence-corrected chi connectivity index (χ3v) is 4.49. The molecule has 1 atom stereocenters. The number of likely N-dealkylation sites (tertiary alicyclic amines) is 1. The molecule has 3 aromatic rings. The lowest BCUT2D eigenvalue weighted by molar-refractivity contribution is -0.137. The summed E-state index contributed by atoms with van der Waals surface area (Å²) in [6, 6.07) is 11.0. The van der Waals surface area contributed by atoms with Gasteiger partial charge in [-0.2, -0.15) is 10.1 Å². The van der Waals surface area contributed by atoms with E-state index in [0.29, 0.717) is 18.8 Å². The van der Waals surface area contributed by atoms with Crippen LogP contribution in [0.1, 0.15) is 18.7 Å². The minimum absolute atomic E-state index is 0.0760. The molecule has 2 aromatic heterocycles. The first-order chi connectivity index (χ1) is 12.6. The van der Waals surface area contributed by atoms with E-state index in [1.165, 1.54) is 9.58 Å². The summed E-state index contributed by atoms with van der Waals surface area (Å²) in [6.45, 7) is 0.497. The van der Waals surface area contributed by atoms with Gasteiger partial charge in [0.15, 0.2) is 0 Å². The Bertz CT molecular complexity index is 880. The zero-order valence-electron chi connectivity index (χ0n) is 14.1. The molecule has 0 saturated carbocycles. The van der Waals surface area contributed by atoms with Gasteiger partial charge in [0, 0.05) is 24.5 Å². The Morgan fingerprint density at radius 3 is 2.88 bits per heavy atom. The summed E-state index contributed by atoms with van der Waals surface area (Å²) in [4.78, 5) is 18.2. The van der Waals surface area contributed by atoms with Crippen molar-refractivity contribution in [2.75, 3.05) is 13.1 Å². The topological polar surface area (TPSA) is 77.1 Å². The SMILES string of the molecule is O=C(Cn1cccn1)N1CCCC(F)(c2nc(-c3ccccc3)no2)C1. The molecule has 0 N–H and O–H groups in total. The number of hydrogen-bond acceptors (Lipinski definition) is 5. The summed E-state index contributed by atoms with van der Waals surface area (Å²) < 4.78 is 22.2. The quantitative estimate of drug-likeness (QED) is 0.718. The number of nitrogens with zero attached hydrogens (tertiary/aromatic N) is 5. The predicted molar refractivity (Wildman–Crippen MR) is 90.6 cm³/mol. The van der Waals surface area contributed by atoms with Gasteiger partial charge in [0.1, 0.15) is 6.54 Å². The van der Waals surface area contributed by atoms with Gasteiger partial charge in [-0.3, -0.25) is 9.48 Å². The first-order valence-corrected chi connectivity index (χ1v) is 8.48. The third-order valence-electron chi connectivity index (χ3n) is 4.49. The van der Waals surface area contributed by atoms with Gasteiger partial charge < -0.3 is 9.42 Å². The van der Waals surface area contributed by atoms with Gasteiger partial charge in [0.05, 0.1) is 6.54 Å². The van der Waals surface area contributed by atoms with Crippen molar-refractivity contribution >= 4 is 5.91 Å². The zero-order chi connectivity index (χ0) is 18.0. The summed E-state index contributed by atoms with van der Waals surface area (Å²) in [7, 11) is 0. The highest BCUT2D eigenvalue weighted by atomic mass is 19.1. The fourth-order valence-electron chi connectivity index (χ4n) is 3.14. The molecule has 1 amide bonds. The second kappa shape index (κ2) is 6.70. The van der Waals surface area contributed by atoms with Gasteiger partial charge in [-0.05, 0) is 18.9 Å². The highest BCUT2D eigenvalue weighted by molar-refractivity contribution is 5.76. The molecule has 134 valence electrons. The number of aromatic nitrogens is 4. The van der Waals surface area contributed by atoms with Crippen molar-refractivity contribution in [3.8, 4) is 11.4 Å². The lowest BCUT2D eigenvalue weighted by Gasteiger charge is -2.35. The normalized spacial score (nSPS) is 20.3. The zero-order valence-corrected chi connectivity index (χ0v) is 14.1. The van der Waals surface area contributed by atoms with Crippen molar-refractivity contribution in [2.24, 2.45) is 0 Å². The summed E-state index contributed by atoms with van der Waals surface area (Å²) in [5.74, 6) is 0.0868. The average Bonchev–Trinajstić information content (AvgIpc) is 3.35. The number of rotatable bonds is 4. The minimum Gasteiger partial charge on any atom is -0.337 e. The molecular formula is C18H18FN5O2. The molecule has 3 heterocycles. The molecule has 0 radical (unpaired) electrons. The largest absolute Gasteiger partial charge is 0.337 e. The maximum absolute atomic E-state index is 15.5. The Balaban J connectivity index is 1.51. The Labute approximate surface area is 149 Å². The lowest BCUT2D eigenvalue weighted by atomic mass is 9.94. The average molecular weight is 355 g/mol. The lowest BCUT2D eigenvalue weighted by Crippen LogP contribution is -2.47. The molecule has 1 unspecified atom stereocenters. The molecule has 1 saturated heterocycles. The second-order valence-corrected chi connectivity index (χ2v) is 6.38. The Kier molecular flexibility index (Phi) is 4.24. The van der Waals surface area contributed by atoms with Gasteiger partial charge in [-0.25, -0.2) is 4.39 Å². The third kappa shape index (κ3) is 3.22. The van der Waals surface area contributed by atoms with Crippen LogP contribution in [0.2, 0.25) is 0 Å². The Morgan fingerprint density at radius 1 is 1.27 bits per heavy atom. The van der Waals surface area contributed by atoms with Gasteiger partial charge in [0.25, 0.3) is 5.89 Å². The van der Waals surface area contributed by atoms with Gasteiger partial charge in [0.2, 0.25) is 17.4 Å². The highest BCUT2D eigenvalue weighted by Crippen LogP contribution is 2.35. The highest BCUT2D eigenvalue weighted by Gasteiger charge is 2.43. The molecule has 1 aliphatic heterocycles. The van der Waals surface area contributed by atoms with Crippen molar-refractivity contribution in [1.29, 1.82) is 0 Å².